The van der Waals surface area contributed by atoms with Gasteiger partial charge in [-0.2, -0.15) is 18.3 Å². The molecule has 8 heteroatoms. The standard InChI is InChI=1S/C13H11F3N4S/c1-8-2-3-9(21-8)7-18-12-10-6-11(13(14,15)16)19-20(10)5-4-17-12/h2-6H,7H2,1H3,(H,17,18). The Hall–Kier alpha value is -2.09. The molecule has 0 bridgehead atoms. The highest BCUT2D eigenvalue weighted by Gasteiger charge is 2.34. The molecule has 0 unspecified atom stereocenters. The molecule has 0 amide bonds. The predicted octanol–water partition coefficient (Wildman–Crippen LogP) is 3.73. The number of thiophene rings is 1. The van der Waals surface area contributed by atoms with Gasteiger partial charge in [-0.05, 0) is 19.1 Å². The van der Waals surface area contributed by atoms with Crippen LogP contribution in [0.3, 0.4) is 0 Å². The molecule has 0 saturated heterocycles. The molecule has 1 N–H and O–H groups in total. The molecule has 21 heavy (non-hydrogen) atoms. The Labute approximate surface area is 122 Å². The van der Waals surface area contributed by atoms with E-state index in [1.165, 1.54) is 21.8 Å². The van der Waals surface area contributed by atoms with Crippen LogP contribution in [0.1, 0.15) is 15.4 Å². The molecule has 0 atom stereocenters. The first kappa shape index (κ1) is 13.9. The van der Waals surface area contributed by atoms with Crippen molar-refractivity contribution in [3.05, 3.63) is 46.0 Å². The van der Waals surface area contributed by atoms with Crippen molar-refractivity contribution in [2.75, 3.05) is 5.32 Å². The third kappa shape index (κ3) is 2.85. The van der Waals surface area contributed by atoms with E-state index in [4.69, 9.17) is 0 Å². The summed E-state index contributed by atoms with van der Waals surface area (Å²) in [6.07, 6.45) is -1.65. The predicted molar refractivity (Wildman–Crippen MR) is 74.4 cm³/mol. The zero-order chi connectivity index (χ0) is 15.0. The minimum atomic E-state index is -4.46. The third-order valence-electron chi connectivity index (χ3n) is 2.91. The van der Waals surface area contributed by atoms with E-state index in [2.05, 4.69) is 15.4 Å². The molecule has 3 aromatic rings. The maximum atomic E-state index is 12.7. The fourth-order valence-electron chi connectivity index (χ4n) is 1.95. The SMILES string of the molecule is Cc1ccc(CNc2nccn3nc(C(F)(F)F)cc23)s1. The summed E-state index contributed by atoms with van der Waals surface area (Å²) in [6, 6.07) is 4.97. The van der Waals surface area contributed by atoms with Crippen LogP contribution in [0.15, 0.2) is 30.6 Å². The summed E-state index contributed by atoms with van der Waals surface area (Å²) in [4.78, 5) is 6.36. The minimum absolute atomic E-state index is 0.304. The number of hydrogen-bond donors (Lipinski definition) is 1. The van der Waals surface area contributed by atoms with Gasteiger partial charge in [-0.25, -0.2) is 9.50 Å². The number of nitrogens with zero attached hydrogens (tertiary/aromatic N) is 3. The molecule has 4 nitrogen and oxygen atoms in total. The molecule has 0 aliphatic heterocycles. The number of hydrogen-bond acceptors (Lipinski definition) is 4. The summed E-state index contributed by atoms with van der Waals surface area (Å²) in [5.41, 5.74) is -0.622. The van der Waals surface area contributed by atoms with Gasteiger partial charge in [0.15, 0.2) is 11.5 Å². The fraction of sp³-hybridized carbons (Fsp3) is 0.231. The number of alkyl halides is 3. The number of rotatable bonds is 3. The molecule has 3 heterocycles. The summed E-state index contributed by atoms with van der Waals surface area (Å²) < 4.78 is 39.3. The summed E-state index contributed by atoms with van der Waals surface area (Å²) in [7, 11) is 0. The van der Waals surface area contributed by atoms with Gasteiger partial charge in [0.05, 0.1) is 6.54 Å². The van der Waals surface area contributed by atoms with Crippen molar-refractivity contribution in [1.82, 2.24) is 14.6 Å². The van der Waals surface area contributed by atoms with Gasteiger partial charge in [-0.15, -0.1) is 11.3 Å². The van der Waals surface area contributed by atoms with Crippen molar-refractivity contribution < 1.29 is 13.2 Å². The molecule has 0 saturated carbocycles. The van der Waals surface area contributed by atoms with E-state index in [1.807, 2.05) is 19.1 Å². The lowest BCUT2D eigenvalue weighted by Gasteiger charge is -2.05. The van der Waals surface area contributed by atoms with Crippen molar-refractivity contribution in [3.63, 3.8) is 0 Å². The molecule has 0 aromatic carbocycles. The lowest BCUT2D eigenvalue weighted by Crippen LogP contribution is -2.05. The molecule has 0 spiro atoms. The van der Waals surface area contributed by atoms with Crippen LogP contribution in [0.2, 0.25) is 0 Å². The second-order valence-electron chi connectivity index (χ2n) is 4.50. The summed E-state index contributed by atoms with van der Waals surface area (Å²) in [6.45, 7) is 2.51. The molecule has 0 aliphatic rings. The number of nitrogens with one attached hydrogen (secondary N) is 1. The largest absolute Gasteiger partial charge is 0.435 e. The topological polar surface area (TPSA) is 42.2 Å². The van der Waals surface area contributed by atoms with Crippen LogP contribution < -0.4 is 5.32 Å². The van der Waals surface area contributed by atoms with Crippen LogP contribution in [-0.2, 0) is 12.7 Å². The van der Waals surface area contributed by atoms with E-state index in [9.17, 15) is 13.2 Å². The second-order valence-corrected chi connectivity index (χ2v) is 5.87. The van der Waals surface area contributed by atoms with E-state index in [1.54, 1.807) is 11.3 Å². The first-order chi connectivity index (χ1) is 9.93. The van der Waals surface area contributed by atoms with Gasteiger partial charge in [0, 0.05) is 28.2 Å². The Morgan fingerprint density at radius 3 is 2.81 bits per heavy atom. The van der Waals surface area contributed by atoms with Gasteiger partial charge >= 0.3 is 6.18 Å². The number of aromatic nitrogens is 3. The van der Waals surface area contributed by atoms with E-state index in [0.717, 1.165) is 10.9 Å². The molecule has 110 valence electrons. The van der Waals surface area contributed by atoms with Gasteiger partial charge < -0.3 is 5.32 Å². The maximum absolute atomic E-state index is 12.7. The first-order valence-electron chi connectivity index (χ1n) is 6.14. The molecule has 0 radical (unpaired) electrons. The smallest absolute Gasteiger partial charge is 0.363 e. The summed E-state index contributed by atoms with van der Waals surface area (Å²) in [5.74, 6) is 0.381. The number of anilines is 1. The lowest BCUT2D eigenvalue weighted by molar-refractivity contribution is -0.141. The van der Waals surface area contributed by atoms with Crippen LogP contribution in [-0.4, -0.2) is 14.6 Å². The molecular weight excluding hydrogens is 301 g/mol. The molecule has 3 aromatic heterocycles. The third-order valence-corrected chi connectivity index (χ3v) is 3.91. The Morgan fingerprint density at radius 2 is 2.14 bits per heavy atom. The highest BCUT2D eigenvalue weighted by molar-refractivity contribution is 7.11. The quantitative estimate of drug-likeness (QED) is 0.801. The average Bonchev–Trinajstić information content (AvgIpc) is 3.01. The monoisotopic (exact) mass is 312 g/mol. The number of fused-ring (bicyclic) bond motifs is 1. The number of aryl methyl sites for hydroxylation is 1. The van der Waals surface area contributed by atoms with E-state index >= 15 is 0 Å². The second kappa shape index (κ2) is 5.03. The first-order valence-corrected chi connectivity index (χ1v) is 6.96. The van der Waals surface area contributed by atoms with Crippen LogP contribution in [0.25, 0.3) is 5.52 Å². The van der Waals surface area contributed by atoms with Crippen molar-refractivity contribution >= 4 is 22.7 Å². The van der Waals surface area contributed by atoms with Gasteiger partial charge in [0.25, 0.3) is 0 Å². The minimum Gasteiger partial charge on any atom is -0.363 e. The average molecular weight is 312 g/mol. The van der Waals surface area contributed by atoms with Crippen LogP contribution in [0.4, 0.5) is 19.0 Å². The molecular formula is C13H11F3N4S. The Morgan fingerprint density at radius 1 is 1.33 bits per heavy atom. The van der Waals surface area contributed by atoms with Crippen LogP contribution >= 0.6 is 11.3 Å². The molecule has 0 fully saturated rings. The van der Waals surface area contributed by atoms with Gasteiger partial charge in [-0.1, -0.05) is 0 Å². The molecule has 0 aliphatic carbocycles. The normalized spacial score (nSPS) is 12.0. The highest BCUT2D eigenvalue weighted by atomic mass is 32.1. The fourth-order valence-corrected chi connectivity index (χ4v) is 2.78. The summed E-state index contributed by atoms with van der Waals surface area (Å²) in [5, 5.41) is 6.57. The van der Waals surface area contributed by atoms with E-state index in [0.29, 0.717) is 17.9 Å². The van der Waals surface area contributed by atoms with Crippen LogP contribution in [0.5, 0.6) is 0 Å². The van der Waals surface area contributed by atoms with E-state index in [-0.39, 0.29) is 0 Å². The van der Waals surface area contributed by atoms with E-state index < -0.39 is 11.9 Å². The van der Waals surface area contributed by atoms with Crippen molar-refractivity contribution in [1.29, 1.82) is 0 Å². The van der Waals surface area contributed by atoms with Crippen molar-refractivity contribution in [3.8, 4) is 0 Å². The maximum Gasteiger partial charge on any atom is 0.435 e. The van der Waals surface area contributed by atoms with Gasteiger partial charge in [0.2, 0.25) is 0 Å². The van der Waals surface area contributed by atoms with Gasteiger partial charge in [-0.3, -0.25) is 0 Å². The Kier molecular flexibility index (Phi) is 3.32. The zero-order valence-electron chi connectivity index (χ0n) is 11.0. The van der Waals surface area contributed by atoms with Crippen molar-refractivity contribution in [2.24, 2.45) is 0 Å². The zero-order valence-corrected chi connectivity index (χ0v) is 11.8. The number of halogens is 3. The summed E-state index contributed by atoms with van der Waals surface area (Å²) >= 11 is 1.63. The Balaban J connectivity index is 1.89. The van der Waals surface area contributed by atoms with Crippen molar-refractivity contribution in [2.45, 2.75) is 19.6 Å². The lowest BCUT2D eigenvalue weighted by atomic mass is 10.3. The molecule has 3 rings (SSSR count). The van der Waals surface area contributed by atoms with Crippen LogP contribution in [0, 0.1) is 6.92 Å². The highest BCUT2D eigenvalue weighted by Crippen LogP contribution is 2.30. The van der Waals surface area contributed by atoms with Gasteiger partial charge in [0.1, 0.15) is 5.52 Å². The Bertz CT molecular complexity index is 775.